The van der Waals surface area contributed by atoms with Gasteiger partial charge in [0.25, 0.3) is 5.56 Å². The van der Waals surface area contributed by atoms with Gasteiger partial charge in [0.15, 0.2) is 0 Å². The van der Waals surface area contributed by atoms with Gasteiger partial charge in [-0.05, 0) is 31.7 Å². The third kappa shape index (κ3) is 3.46. The summed E-state index contributed by atoms with van der Waals surface area (Å²) in [4.78, 5) is 25.0. The molecule has 3 rings (SSSR count). The zero-order chi connectivity index (χ0) is 16.6. The van der Waals surface area contributed by atoms with Gasteiger partial charge in [0, 0.05) is 11.3 Å². The van der Waals surface area contributed by atoms with Crippen LogP contribution in [-0.4, -0.2) is 22.3 Å². The summed E-state index contributed by atoms with van der Waals surface area (Å²) < 4.78 is 6.73. The maximum Gasteiger partial charge on any atom is 0.295 e. The smallest absolute Gasteiger partial charge is 0.295 e. The van der Waals surface area contributed by atoms with Gasteiger partial charge in [0.2, 0.25) is 5.91 Å². The van der Waals surface area contributed by atoms with Crippen LogP contribution in [-0.2, 0) is 9.53 Å². The number of carbonyl (C=O) groups excluding carboxylic acids is 1. The van der Waals surface area contributed by atoms with Crippen molar-refractivity contribution < 1.29 is 9.53 Å². The molecule has 0 spiro atoms. The molecule has 1 aliphatic carbocycles. The first kappa shape index (κ1) is 15.8. The SMILES string of the molecule is CC(C)(C)C(=O)Nc1cc(C2CC2)nn(C2=COCCC2)c1=O. The van der Waals surface area contributed by atoms with Gasteiger partial charge in [0.05, 0.1) is 18.0 Å². The Hall–Kier alpha value is -2.11. The molecule has 1 saturated carbocycles. The van der Waals surface area contributed by atoms with E-state index in [0.29, 0.717) is 18.2 Å². The van der Waals surface area contributed by atoms with Crippen LogP contribution in [0.5, 0.6) is 0 Å². The van der Waals surface area contributed by atoms with Crippen LogP contribution in [0.4, 0.5) is 5.69 Å². The largest absolute Gasteiger partial charge is 0.499 e. The normalized spacial score (nSPS) is 18.1. The van der Waals surface area contributed by atoms with Crippen molar-refractivity contribution in [3.63, 3.8) is 0 Å². The zero-order valence-corrected chi connectivity index (χ0v) is 13.9. The zero-order valence-electron chi connectivity index (χ0n) is 13.9. The van der Waals surface area contributed by atoms with Gasteiger partial charge < -0.3 is 10.1 Å². The first-order valence-corrected chi connectivity index (χ1v) is 8.13. The van der Waals surface area contributed by atoms with E-state index in [9.17, 15) is 9.59 Å². The minimum Gasteiger partial charge on any atom is -0.499 e. The van der Waals surface area contributed by atoms with E-state index in [0.717, 1.165) is 37.1 Å². The van der Waals surface area contributed by atoms with E-state index in [2.05, 4.69) is 10.4 Å². The van der Waals surface area contributed by atoms with Crippen molar-refractivity contribution in [3.8, 4) is 0 Å². The summed E-state index contributed by atoms with van der Waals surface area (Å²) in [6.07, 6.45) is 5.36. The highest BCUT2D eigenvalue weighted by Crippen LogP contribution is 2.39. The number of nitrogens with one attached hydrogen (secondary N) is 1. The van der Waals surface area contributed by atoms with E-state index in [-0.39, 0.29) is 11.5 Å². The summed E-state index contributed by atoms with van der Waals surface area (Å²) in [6, 6.07) is 1.73. The molecular formula is C17H23N3O3. The van der Waals surface area contributed by atoms with Crippen molar-refractivity contribution in [2.24, 2.45) is 5.41 Å². The van der Waals surface area contributed by atoms with Gasteiger partial charge in [-0.15, -0.1) is 0 Å². The second kappa shape index (κ2) is 5.83. The number of amides is 1. The molecule has 0 aromatic carbocycles. The monoisotopic (exact) mass is 317 g/mol. The molecule has 6 nitrogen and oxygen atoms in total. The molecular weight excluding hydrogens is 294 g/mol. The average Bonchev–Trinajstić information content (AvgIpc) is 3.34. The van der Waals surface area contributed by atoms with Gasteiger partial charge in [-0.1, -0.05) is 20.8 Å². The summed E-state index contributed by atoms with van der Waals surface area (Å²) in [5.41, 5.74) is 1.04. The number of allylic oxidation sites excluding steroid dienone is 1. The molecule has 1 aromatic heterocycles. The topological polar surface area (TPSA) is 73.2 Å². The average molecular weight is 317 g/mol. The van der Waals surface area contributed by atoms with E-state index in [1.807, 2.05) is 20.8 Å². The van der Waals surface area contributed by atoms with Gasteiger partial charge in [-0.25, -0.2) is 0 Å². The van der Waals surface area contributed by atoms with Crippen LogP contribution < -0.4 is 10.9 Å². The Labute approximate surface area is 135 Å². The Kier molecular flexibility index (Phi) is 4.00. The second-order valence-electron chi connectivity index (χ2n) is 7.26. The summed E-state index contributed by atoms with van der Waals surface area (Å²) in [5.74, 6) is 0.209. The summed E-state index contributed by atoms with van der Waals surface area (Å²) in [5, 5.41) is 7.27. The Morgan fingerprint density at radius 2 is 2.13 bits per heavy atom. The Morgan fingerprint density at radius 3 is 2.70 bits per heavy atom. The van der Waals surface area contributed by atoms with Crippen molar-refractivity contribution in [2.45, 2.75) is 52.4 Å². The Morgan fingerprint density at radius 1 is 1.39 bits per heavy atom. The van der Waals surface area contributed by atoms with Gasteiger partial charge in [-0.3, -0.25) is 9.59 Å². The highest BCUT2D eigenvalue weighted by atomic mass is 16.5. The van der Waals surface area contributed by atoms with Crippen molar-refractivity contribution >= 4 is 17.3 Å². The highest BCUT2D eigenvalue weighted by Gasteiger charge is 2.29. The lowest BCUT2D eigenvalue weighted by atomic mass is 9.95. The van der Waals surface area contributed by atoms with Gasteiger partial charge in [-0.2, -0.15) is 9.78 Å². The van der Waals surface area contributed by atoms with E-state index >= 15 is 0 Å². The molecule has 2 aliphatic rings. The maximum absolute atomic E-state index is 12.7. The fourth-order valence-corrected chi connectivity index (χ4v) is 2.39. The molecule has 6 heteroatoms. The van der Waals surface area contributed by atoms with Crippen molar-refractivity contribution in [1.82, 2.24) is 9.78 Å². The van der Waals surface area contributed by atoms with Crippen LogP contribution in [0.25, 0.3) is 5.70 Å². The van der Waals surface area contributed by atoms with Crippen LogP contribution in [0, 0.1) is 5.41 Å². The molecule has 1 aromatic rings. The fourth-order valence-electron chi connectivity index (χ4n) is 2.39. The van der Waals surface area contributed by atoms with Crippen LogP contribution in [0.3, 0.4) is 0 Å². The maximum atomic E-state index is 12.7. The molecule has 1 aliphatic heterocycles. The number of nitrogens with zero attached hydrogens (tertiary/aromatic N) is 2. The third-order valence-corrected chi connectivity index (χ3v) is 4.04. The molecule has 0 atom stereocenters. The van der Waals surface area contributed by atoms with Crippen LogP contribution in [0.1, 0.15) is 58.1 Å². The number of hydrogen-bond donors (Lipinski definition) is 1. The molecule has 0 unspecified atom stereocenters. The quantitative estimate of drug-likeness (QED) is 0.930. The lowest BCUT2D eigenvalue weighted by molar-refractivity contribution is -0.123. The summed E-state index contributed by atoms with van der Waals surface area (Å²) in [6.45, 7) is 6.12. The van der Waals surface area contributed by atoms with Gasteiger partial charge >= 0.3 is 0 Å². The number of ether oxygens (including phenoxy) is 1. The minimum atomic E-state index is -0.562. The summed E-state index contributed by atoms with van der Waals surface area (Å²) in [7, 11) is 0. The number of rotatable bonds is 3. The van der Waals surface area contributed by atoms with Crippen LogP contribution >= 0.6 is 0 Å². The van der Waals surface area contributed by atoms with Crippen molar-refractivity contribution in [3.05, 3.63) is 28.4 Å². The lowest BCUT2D eigenvalue weighted by Gasteiger charge is -2.19. The van der Waals surface area contributed by atoms with E-state index in [1.54, 1.807) is 12.3 Å². The van der Waals surface area contributed by atoms with E-state index in [1.165, 1.54) is 4.68 Å². The van der Waals surface area contributed by atoms with E-state index < -0.39 is 5.41 Å². The standard InChI is InChI=1S/C17H23N3O3/c1-17(2,3)16(22)18-14-9-13(11-6-7-11)19-20(15(14)21)12-5-4-8-23-10-12/h9-11H,4-8H2,1-3H3,(H,18,22). The molecule has 23 heavy (non-hydrogen) atoms. The highest BCUT2D eigenvalue weighted by molar-refractivity contribution is 5.94. The van der Waals surface area contributed by atoms with Crippen LogP contribution in [0.2, 0.25) is 0 Å². The molecule has 0 bridgehead atoms. The molecule has 2 heterocycles. The van der Waals surface area contributed by atoms with Crippen molar-refractivity contribution in [1.29, 1.82) is 0 Å². The number of aromatic nitrogens is 2. The van der Waals surface area contributed by atoms with E-state index in [4.69, 9.17) is 4.74 Å². The van der Waals surface area contributed by atoms with Crippen molar-refractivity contribution in [2.75, 3.05) is 11.9 Å². The minimum absolute atomic E-state index is 0.178. The number of anilines is 1. The molecule has 1 N–H and O–H groups in total. The first-order valence-electron chi connectivity index (χ1n) is 8.13. The molecule has 0 radical (unpaired) electrons. The molecule has 124 valence electrons. The van der Waals surface area contributed by atoms with Gasteiger partial charge in [0.1, 0.15) is 11.9 Å². The summed E-state index contributed by atoms with van der Waals surface area (Å²) >= 11 is 0. The predicted octanol–water partition coefficient (Wildman–Crippen LogP) is 2.71. The molecule has 1 fully saturated rings. The number of hydrogen-bond acceptors (Lipinski definition) is 4. The fraction of sp³-hybridized carbons (Fsp3) is 0.588. The lowest BCUT2D eigenvalue weighted by Crippen LogP contribution is -2.33. The molecule has 0 saturated heterocycles. The Bertz CT molecular complexity index is 709. The predicted molar refractivity (Wildman–Crippen MR) is 88.0 cm³/mol. The first-order chi connectivity index (χ1) is 10.9. The molecule has 1 amide bonds. The number of carbonyl (C=O) groups is 1. The third-order valence-electron chi connectivity index (χ3n) is 4.04. The Balaban J connectivity index is 2.01. The van der Waals surface area contributed by atoms with Crippen LogP contribution in [0.15, 0.2) is 17.1 Å². The second-order valence-corrected chi connectivity index (χ2v) is 7.26.